The van der Waals surface area contributed by atoms with Crippen molar-refractivity contribution in [3.05, 3.63) is 29.8 Å². The van der Waals surface area contributed by atoms with Gasteiger partial charge in [-0.1, -0.05) is 6.92 Å². The number of nitrogens with zero attached hydrogens (tertiary/aromatic N) is 1. The molecule has 1 fully saturated rings. The molecule has 1 atom stereocenters. The molecule has 1 N–H and O–H groups in total. The van der Waals surface area contributed by atoms with E-state index in [0.717, 1.165) is 37.8 Å². The van der Waals surface area contributed by atoms with Crippen molar-refractivity contribution in [1.29, 1.82) is 0 Å². The Hall–Kier alpha value is -1.65. The first kappa shape index (κ1) is 13.8. The first-order valence-electron chi connectivity index (χ1n) is 6.64. The van der Waals surface area contributed by atoms with Gasteiger partial charge in [0.1, 0.15) is 11.6 Å². The Labute approximate surface area is 111 Å². The van der Waals surface area contributed by atoms with Crippen LogP contribution in [0.4, 0.5) is 19.3 Å². The first-order chi connectivity index (χ1) is 9.11. The molecule has 104 valence electrons. The molecule has 0 aliphatic carbocycles. The standard InChI is InChI=1S/C14H18F2N2O/c1-2-11-5-3-4-8-18(11)14(19)17-13-7-6-10(15)9-12(13)16/h6-7,9,11H,2-5,8H2,1H3,(H,17,19). The van der Waals surface area contributed by atoms with Gasteiger partial charge in [-0.05, 0) is 37.8 Å². The highest BCUT2D eigenvalue weighted by Crippen LogP contribution is 2.21. The molecule has 1 heterocycles. The third kappa shape index (κ3) is 3.22. The average Bonchev–Trinajstić information content (AvgIpc) is 2.41. The topological polar surface area (TPSA) is 32.3 Å². The molecule has 1 aliphatic heterocycles. The molecule has 1 saturated heterocycles. The molecule has 5 heteroatoms. The predicted octanol–water partition coefficient (Wildman–Crippen LogP) is 3.76. The van der Waals surface area contributed by atoms with Gasteiger partial charge in [0.05, 0.1) is 5.69 Å². The number of benzene rings is 1. The molecule has 0 spiro atoms. The number of carbonyl (C=O) groups is 1. The van der Waals surface area contributed by atoms with E-state index in [0.29, 0.717) is 6.54 Å². The molecule has 2 rings (SSSR count). The lowest BCUT2D eigenvalue weighted by atomic mass is 10.0. The summed E-state index contributed by atoms with van der Waals surface area (Å²) in [7, 11) is 0. The smallest absolute Gasteiger partial charge is 0.322 e. The number of hydrogen-bond donors (Lipinski definition) is 1. The Kier molecular flexibility index (Phi) is 4.35. The normalized spacial score (nSPS) is 19.3. The zero-order chi connectivity index (χ0) is 13.8. The molecule has 1 aromatic rings. The van der Waals surface area contributed by atoms with E-state index in [4.69, 9.17) is 0 Å². The second-order valence-corrected chi connectivity index (χ2v) is 4.81. The summed E-state index contributed by atoms with van der Waals surface area (Å²) in [5, 5.41) is 2.52. The summed E-state index contributed by atoms with van der Waals surface area (Å²) >= 11 is 0. The van der Waals surface area contributed by atoms with E-state index in [1.807, 2.05) is 6.92 Å². The summed E-state index contributed by atoms with van der Waals surface area (Å²) in [6, 6.07) is 3.04. The van der Waals surface area contributed by atoms with E-state index in [1.165, 1.54) is 6.07 Å². The van der Waals surface area contributed by atoms with Crippen molar-refractivity contribution in [2.75, 3.05) is 11.9 Å². The quantitative estimate of drug-likeness (QED) is 0.870. The summed E-state index contributed by atoms with van der Waals surface area (Å²) in [6.07, 6.45) is 3.96. The zero-order valence-electron chi connectivity index (χ0n) is 11.0. The largest absolute Gasteiger partial charge is 0.322 e. The van der Waals surface area contributed by atoms with Gasteiger partial charge in [-0.2, -0.15) is 0 Å². The van der Waals surface area contributed by atoms with Crippen molar-refractivity contribution >= 4 is 11.7 Å². The second-order valence-electron chi connectivity index (χ2n) is 4.81. The second kappa shape index (κ2) is 5.99. The van der Waals surface area contributed by atoms with Gasteiger partial charge in [-0.25, -0.2) is 13.6 Å². The summed E-state index contributed by atoms with van der Waals surface area (Å²) in [4.78, 5) is 13.9. The number of carbonyl (C=O) groups excluding carboxylic acids is 1. The van der Waals surface area contributed by atoms with Crippen LogP contribution in [0, 0.1) is 11.6 Å². The minimum absolute atomic E-state index is 0.0202. The molecule has 0 aromatic heterocycles. The fraction of sp³-hybridized carbons (Fsp3) is 0.500. The molecule has 2 amide bonds. The van der Waals surface area contributed by atoms with Crippen molar-refractivity contribution in [3.63, 3.8) is 0 Å². The van der Waals surface area contributed by atoms with Gasteiger partial charge in [0.2, 0.25) is 0 Å². The molecule has 0 bridgehead atoms. The molecule has 1 aliphatic rings. The van der Waals surface area contributed by atoms with Crippen LogP contribution in [0.2, 0.25) is 0 Å². The van der Waals surface area contributed by atoms with Gasteiger partial charge in [0.25, 0.3) is 0 Å². The number of rotatable bonds is 2. The molecule has 1 unspecified atom stereocenters. The number of halogens is 2. The van der Waals surface area contributed by atoms with Crippen LogP contribution in [0.15, 0.2) is 18.2 Å². The van der Waals surface area contributed by atoms with Gasteiger partial charge >= 0.3 is 6.03 Å². The number of piperidine rings is 1. The van der Waals surface area contributed by atoms with Crippen LogP contribution in [0.5, 0.6) is 0 Å². The van der Waals surface area contributed by atoms with Crippen molar-refractivity contribution < 1.29 is 13.6 Å². The minimum Gasteiger partial charge on any atom is -0.322 e. The third-order valence-electron chi connectivity index (χ3n) is 3.53. The van der Waals surface area contributed by atoms with Crippen LogP contribution in [0.25, 0.3) is 0 Å². The molecule has 0 radical (unpaired) electrons. The van der Waals surface area contributed by atoms with Gasteiger partial charge in [0, 0.05) is 18.7 Å². The van der Waals surface area contributed by atoms with E-state index in [2.05, 4.69) is 5.32 Å². The molecular formula is C14H18F2N2O. The SMILES string of the molecule is CCC1CCCCN1C(=O)Nc1ccc(F)cc1F. The fourth-order valence-electron chi connectivity index (χ4n) is 2.47. The van der Waals surface area contributed by atoms with Gasteiger partial charge < -0.3 is 10.2 Å². The number of likely N-dealkylation sites (tertiary alicyclic amines) is 1. The average molecular weight is 268 g/mol. The highest BCUT2D eigenvalue weighted by molar-refractivity contribution is 5.89. The molecular weight excluding hydrogens is 250 g/mol. The molecule has 0 saturated carbocycles. The van der Waals surface area contributed by atoms with Crippen LogP contribution in [-0.4, -0.2) is 23.5 Å². The van der Waals surface area contributed by atoms with Crippen molar-refractivity contribution in [1.82, 2.24) is 4.90 Å². The predicted molar refractivity (Wildman–Crippen MR) is 70.0 cm³/mol. The Morgan fingerprint density at radius 2 is 2.21 bits per heavy atom. The highest BCUT2D eigenvalue weighted by Gasteiger charge is 2.25. The van der Waals surface area contributed by atoms with E-state index in [1.54, 1.807) is 4.90 Å². The summed E-state index contributed by atoms with van der Waals surface area (Å²) in [5.41, 5.74) is 0.0202. The van der Waals surface area contributed by atoms with E-state index in [-0.39, 0.29) is 17.8 Å². The van der Waals surface area contributed by atoms with Gasteiger partial charge in [0.15, 0.2) is 0 Å². The van der Waals surface area contributed by atoms with Crippen molar-refractivity contribution in [2.45, 2.75) is 38.6 Å². The van der Waals surface area contributed by atoms with E-state index < -0.39 is 11.6 Å². The highest BCUT2D eigenvalue weighted by atomic mass is 19.1. The lowest BCUT2D eigenvalue weighted by molar-refractivity contribution is 0.160. The Morgan fingerprint density at radius 3 is 2.89 bits per heavy atom. The van der Waals surface area contributed by atoms with Crippen molar-refractivity contribution in [3.8, 4) is 0 Å². The minimum atomic E-state index is -0.751. The van der Waals surface area contributed by atoms with Gasteiger partial charge in [-0.15, -0.1) is 0 Å². The van der Waals surface area contributed by atoms with Crippen molar-refractivity contribution in [2.24, 2.45) is 0 Å². The van der Waals surface area contributed by atoms with E-state index in [9.17, 15) is 13.6 Å². The number of amides is 2. The summed E-state index contributed by atoms with van der Waals surface area (Å²) in [5.74, 6) is -1.40. The summed E-state index contributed by atoms with van der Waals surface area (Å²) < 4.78 is 26.3. The molecule has 19 heavy (non-hydrogen) atoms. The van der Waals surface area contributed by atoms with Crippen LogP contribution >= 0.6 is 0 Å². The number of anilines is 1. The van der Waals surface area contributed by atoms with Gasteiger partial charge in [-0.3, -0.25) is 0 Å². The molecule has 1 aromatic carbocycles. The van der Waals surface area contributed by atoms with Crippen LogP contribution in [0.1, 0.15) is 32.6 Å². The van der Waals surface area contributed by atoms with Crippen LogP contribution in [0.3, 0.4) is 0 Å². The van der Waals surface area contributed by atoms with Crippen LogP contribution < -0.4 is 5.32 Å². The Morgan fingerprint density at radius 1 is 1.42 bits per heavy atom. The maximum absolute atomic E-state index is 13.5. The maximum atomic E-state index is 13.5. The number of hydrogen-bond acceptors (Lipinski definition) is 1. The monoisotopic (exact) mass is 268 g/mol. The Balaban J connectivity index is 2.07. The lowest BCUT2D eigenvalue weighted by Gasteiger charge is -2.35. The zero-order valence-corrected chi connectivity index (χ0v) is 11.0. The van der Waals surface area contributed by atoms with Crippen LogP contribution in [-0.2, 0) is 0 Å². The number of nitrogens with one attached hydrogen (secondary N) is 1. The first-order valence-corrected chi connectivity index (χ1v) is 6.64. The number of urea groups is 1. The van der Waals surface area contributed by atoms with E-state index >= 15 is 0 Å². The lowest BCUT2D eigenvalue weighted by Crippen LogP contribution is -2.45. The summed E-state index contributed by atoms with van der Waals surface area (Å²) in [6.45, 7) is 2.72. The molecule has 3 nitrogen and oxygen atoms in total. The Bertz CT molecular complexity index is 465. The fourth-order valence-corrected chi connectivity index (χ4v) is 2.47. The maximum Gasteiger partial charge on any atom is 0.322 e. The third-order valence-corrected chi connectivity index (χ3v) is 3.53.